The van der Waals surface area contributed by atoms with E-state index < -0.39 is 52.5 Å². The molecule has 0 bridgehead atoms. The number of aryl methyl sites for hydroxylation is 2. The first kappa shape index (κ1) is 27.5. The predicted octanol–water partition coefficient (Wildman–Crippen LogP) is 3.65. The highest BCUT2D eigenvalue weighted by atomic mass is 19.1. The summed E-state index contributed by atoms with van der Waals surface area (Å²) in [5.74, 6) is -4.20. The van der Waals surface area contributed by atoms with Crippen molar-refractivity contribution in [3.05, 3.63) is 64.2 Å². The Labute approximate surface area is 200 Å². The van der Waals surface area contributed by atoms with Crippen LogP contribution < -0.4 is 10.9 Å². The molecule has 2 aromatic carbocycles. The molecule has 9 heteroatoms. The van der Waals surface area contributed by atoms with E-state index in [0.717, 1.165) is 11.1 Å². The van der Waals surface area contributed by atoms with Gasteiger partial charge in [0, 0.05) is 5.56 Å². The zero-order valence-electron chi connectivity index (χ0n) is 20.8. The van der Waals surface area contributed by atoms with E-state index in [1.165, 1.54) is 5.01 Å². The van der Waals surface area contributed by atoms with E-state index in [0.29, 0.717) is 30.5 Å². The van der Waals surface area contributed by atoms with Crippen molar-refractivity contribution in [3.8, 4) is 0 Å². The van der Waals surface area contributed by atoms with Gasteiger partial charge in [0.25, 0.3) is 11.8 Å². The lowest BCUT2D eigenvalue weighted by molar-refractivity contribution is -0.0195. The second kappa shape index (κ2) is 10.2. The Morgan fingerprint density at radius 1 is 0.971 bits per heavy atom. The number of amides is 2. The third-order valence-corrected chi connectivity index (χ3v) is 6.32. The lowest BCUT2D eigenvalue weighted by atomic mass is 9.71. The minimum atomic E-state index is -2.10. The van der Waals surface area contributed by atoms with E-state index in [4.69, 9.17) is 0 Å². The van der Waals surface area contributed by atoms with Crippen molar-refractivity contribution < 1.29 is 28.4 Å². The van der Waals surface area contributed by atoms with E-state index in [2.05, 4.69) is 5.43 Å². The van der Waals surface area contributed by atoms with Crippen LogP contribution in [0.15, 0.2) is 30.3 Å². The first-order valence-corrected chi connectivity index (χ1v) is 11.2. The molecule has 184 valence electrons. The van der Waals surface area contributed by atoms with Gasteiger partial charge in [0.15, 0.2) is 0 Å². The zero-order chi connectivity index (χ0) is 26.0. The highest BCUT2D eigenvalue weighted by Gasteiger charge is 2.46. The molecule has 6 nitrogen and oxygen atoms in total. The highest BCUT2D eigenvalue weighted by Crippen LogP contribution is 2.39. The van der Waals surface area contributed by atoms with Gasteiger partial charge in [-0.25, -0.2) is 13.8 Å². The van der Waals surface area contributed by atoms with Gasteiger partial charge >= 0.3 is 7.12 Å². The molecule has 0 saturated heterocycles. The van der Waals surface area contributed by atoms with E-state index >= 15 is 0 Å². The molecule has 0 spiro atoms. The summed E-state index contributed by atoms with van der Waals surface area (Å²) < 4.78 is 29.3. The molecular weight excluding hydrogens is 441 g/mol. The molecule has 0 fully saturated rings. The van der Waals surface area contributed by atoms with Gasteiger partial charge in [0.2, 0.25) is 0 Å². The smallest absolute Gasteiger partial charge is 0.423 e. The van der Waals surface area contributed by atoms with Gasteiger partial charge in [-0.05, 0) is 62.3 Å². The Morgan fingerprint density at radius 2 is 1.47 bits per heavy atom. The molecular formula is C25H33BF2N2O4. The second-order valence-electron chi connectivity index (χ2n) is 9.96. The minimum Gasteiger partial charge on any atom is -0.423 e. The van der Waals surface area contributed by atoms with Gasteiger partial charge in [-0.2, -0.15) is 0 Å². The normalized spacial score (nSPS) is 13.3. The number of hydrogen-bond acceptors (Lipinski definition) is 4. The monoisotopic (exact) mass is 474 g/mol. The number of carbonyl (C=O) groups excluding carboxylic acids is 2. The average Bonchev–Trinajstić information content (AvgIpc) is 2.69. The molecule has 3 N–H and O–H groups in total. The average molecular weight is 474 g/mol. The molecule has 0 aromatic heterocycles. The molecule has 2 amide bonds. The third kappa shape index (κ3) is 5.64. The number of nitrogens with one attached hydrogen (secondary N) is 1. The quantitative estimate of drug-likeness (QED) is 0.441. The number of carbonyl (C=O) groups is 2. The van der Waals surface area contributed by atoms with E-state index in [-0.39, 0.29) is 0 Å². The van der Waals surface area contributed by atoms with Gasteiger partial charge < -0.3 is 10.0 Å². The van der Waals surface area contributed by atoms with Crippen LogP contribution in [0.1, 0.15) is 79.3 Å². The molecule has 1 atom stereocenters. The number of hydrogen-bond donors (Lipinski definition) is 3. The first-order valence-electron chi connectivity index (χ1n) is 11.2. The van der Waals surface area contributed by atoms with E-state index in [9.17, 15) is 28.4 Å². The lowest BCUT2D eigenvalue weighted by Crippen LogP contribution is -2.64. The fourth-order valence-corrected chi connectivity index (χ4v) is 4.05. The maximum atomic E-state index is 14.7. The molecule has 0 aliphatic rings. The van der Waals surface area contributed by atoms with Crippen molar-refractivity contribution in [2.45, 2.75) is 66.8 Å². The summed E-state index contributed by atoms with van der Waals surface area (Å²) in [6, 6.07) is 6.66. The van der Waals surface area contributed by atoms with Crippen molar-refractivity contribution in [1.82, 2.24) is 10.4 Å². The fourth-order valence-electron chi connectivity index (χ4n) is 4.05. The summed E-state index contributed by atoms with van der Waals surface area (Å²) >= 11 is 0. The second-order valence-corrected chi connectivity index (χ2v) is 9.96. The van der Waals surface area contributed by atoms with Gasteiger partial charge in [-0.15, -0.1) is 0 Å². The maximum absolute atomic E-state index is 14.7. The lowest BCUT2D eigenvalue weighted by Gasteiger charge is -2.49. The zero-order valence-corrected chi connectivity index (χ0v) is 20.8. The summed E-state index contributed by atoms with van der Waals surface area (Å²) in [7, 11) is -2.10. The van der Waals surface area contributed by atoms with Crippen LogP contribution in [-0.2, 0) is 0 Å². The van der Waals surface area contributed by atoms with Gasteiger partial charge in [0.1, 0.15) is 17.2 Å². The largest absolute Gasteiger partial charge is 0.488 e. The first-order chi connectivity index (χ1) is 15.6. The summed E-state index contributed by atoms with van der Waals surface area (Å²) in [5.41, 5.74) is 1.74. The van der Waals surface area contributed by atoms with Crippen molar-refractivity contribution >= 4 is 24.4 Å². The Morgan fingerprint density at radius 3 is 1.88 bits per heavy atom. The Hall–Kier alpha value is -2.78. The van der Waals surface area contributed by atoms with Gasteiger partial charge in [-0.1, -0.05) is 51.3 Å². The van der Waals surface area contributed by atoms with Crippen molar-refractivity contribution in [2.24, 2.45) is 5.41 Å². The number of halogens is 2. The SMILES string of the molecule is CCC[C@@](C)(N(NC(=O)c1c(F)cc(B(O)O)cc1F)C(=O)c1cc(C)cc(C)c1)C(C)(C)C. The van der Waals surface area contributed by atoms with Crippen molar-refractivity contribution in [1.29, 1.82) is 0 Å². The van der Waals surface area contributed by atoms with Gasteiger partial charge in [-0.3, -0.25) is 15.0 Å². The molecule has 0 aliphatic heterocycles. The summed E-state index contributed by atoms with van der Waals surface area (Å²) in [6.45, 7) is 13.3. The third-order valence-electron chi connectivity index (χ3n) is 6.32. The van der Waals surface area contributed by atoms with Crippen LogP contribution in [0.3, 0.4) is 0 Å². The van der Waals surface area contributed by atoms with Crippen LogP contribution in [0, 0.1) is 30.9 Å². The standard InChI is InChI=1S/C25H33BF2N2O4/c1-8-9-25(7,24(4,5)6)30(23(32)17-11-15(2)10-16(3)12-17)29-22(31)21-19(27)13-18(26(33)34)14-20(21)28/h10-14,33-34H,8-9H2,1-7H3,(H,29,31)/t25-/m1/s1. The topological polar surface area (TPSA) is 89.9 Å². The predicted molar refractivity (Wildman–Crippen MR) is 129 cm³/mol. The molecule has 0 radical (unpaired) electrons. The molecule has 0 unspecified atom stereocenters. The van der Waals surface area contributed by atoms with Crippen molar-refractivity contribution in [2.75, 3.05) is 0 Å². The summed E-state index contributed by atoms with van der Waals surface area (Å²) in [4.78, 5) is 26.9. The number of benzene rings is 2. The molecule has 2 aromatic rings. The Balaban J connectivity index is 2.63. The van der Waals surface area contributed by atoms with Crippen LogP contribution in [0.25, 0.3) is 0 Å². The Kier molecular flexibility index (Phi) is 8.27. The molecule has 0 saturated carbocycles. The molecule has 2 rings (SSSR count). The van der Waals surface area contributed by atoms with Crippen LogP contribution in [0.2, 0.25) is 0 Å². The van der Waals surface area contributed by atoms with Crippen molar-refractivity contribution in [3.63, 3.8) is 0 Å². The van der Waals surface area contributed by atoms with Gasteiger partial charge in [0.05, 0.1) is 5.54 Å². The number of hydrazine groups is 1. The Bertz CT molecular complexity index is 1040. The summed E-state index contributed by atoms with van der Waals surface area (Å²) in [5, 5.41) is 19.6. The van der Waals surface area contributed by atoms with Crippen LogP contribution in [-0.4, -0.2) is 39.5 Å². The van der Waals surface area contributed by atoms with E-state index in [1.54, 1.807) is 12.1 Å². The van der Waals surface area contributed by atoms with Crippen LogP contribution in [0.4, 0.5) is 8.78 Å². The fraction of sp³-hybridized carbons (Fsp3) is 0.440. The number of nitrogens with zero attached hydrogens (tertiary/aromatic N) is 1. The minimum absolute atomic E-state index is 0.337. The van der Waals surface area contributed by atoms with E-state index in [1.807, 2.05) is 54.5 Å². The summed E-state index contributed by atoms with van der Waals surface area (Å²) in [6.07, 6.45) is 1.19. The van der Waals surface area contributed by atoms with Crippen LogP contribution >= 0.6 is 0 Å². The maximum Gasteiger partial charge on any atom is 0.488 e. The van der Waals surface area contributed by atoms with Crippen LogP contribution in [0.5, 0.6) is 0 Å². The number of rotatable bonds is 6. The highest BCUT2D eigenvalue weighted by molar-refractivity contribution is 6.58. The molecule has 0 heterocycles. The molecule has 0 aliphatic carbocycles. The molecule has 34 heavy (non-hydrogen) atoms.